The Morgan fingerprint density at radius 2 is 1.78 bits per heavy atom. The maximum absolute atomic E-state index is 13.9. The molecule has 4 aromatic rings. The first kappa shape index (κ1) is 28.7. The van der Waals surface area contributed by atoms with E-state index in [1.165, 1.54) is 24.1 Å². The second-order valence-corrected chi connectivity index (χ2v) is 10.7. The summed E-state index contributed by atoms with van der Waals surface area (Å²) in [7, 11) is 1.47. The molecule has 0 N–H and O–H groups in total. The predicted octanol–water partition coefficient (Wildman–Crippen LogP) is 8.29. The molecule has 5 rings (SSSR count). The first-order chi connectivity index (χ1) is 19.6. The monoisotopic (exact) mass is 629 g/mol. The lowest BCUT2D eigenvalue weighted by Crippen LogP contribution is -2.29. The Balaban J connectivity index is 1.65. The normalized spacial score (nSPS) is 14.9. The number of hydrogen-bond acceptors (Lipinski definition) is 5. The highest BCUT2D eigenvalue weighted by atomic mass is 79.9. The number of ether oxygens (including phenoxy) is 2. The lowest BCUT2D eigenvalue weighted by atomic mass is 9.97. The van der Waals surface area contributed by atoms with E-state index in [2.05, 4.69) is 22.9 Å². The summed E-state index contributed by atoms with van der Waals surface area (Å²) in [4.78, 5) is 28.8. The molecule has 1 atom stereocenters. The van der Waals surface area contributed by atoms with Crippen LogP contribution < -0.4 is 19.8 Å². The molecule has 0 fully saturated rings. The number of carbonyl (C=O) groups is 1. The van der Waals surface area contributed by atoms with Gasteiger partial charge in [-0.25, -0.2) is 0 Å². The second kappa shape index (κ2) is 11.6. The zero-order valence-electron chi connectivity index (χ0n) is 22.4. The van der Waals surface area contributed by atoms with E-state index in [0.29, 0.717) is 28.1 Å². The highest BCUT2D eigenvalue weighted by Gasteiger charge is 2.44. The number of hydrogen-bond donors (Lipinski definition) is 0. The smallest absolute Gasteiger partial charge is 0.416 e. The van der Waals surface area contributed by atoms with Gasteiger partial charge in [-0.15, -0.1) is 0 Å². The molecular formula is C31H27BrF3NO5. The van der Waals surface area contributed by atoms with Crippen molar-refractivity contribution < 1.29 is 31.9 Å². The summed E-state index contributed by atoms with van der Waals surface area (Å²) in [5, 5.41) is 0.237. The van der Waals surface area contributed by atoms with Crippen LogP contribution in [0.2, 0.25) is 0 Å². The summed E-state index contributed by atoms with van der Waals surface area (Å²) in [6.45, 7) is 2.61. The van der Waals surface area contributed by atoms with Crippen molar-refractivity contribution in [3.8, 4) is 11.5 Å². The minimum atomic E-state index is -4.63. The standard InChI is InChI=1S/C31H27BrF3NO5/c1-3-4-5-6-14-40-24-12-10-18(15-25(24)39-2)27-26-28(37)22-17-20(32)11-13-23(22)41-29(26)30(38)36(27)21-9-7-8-19(16-21)31(33,34)35/h7-13,15-17,27H,3-6,14H2,1-2H3. The average Bonchev–Trinajstić information content (AvgIpc) is 3.25. The number of anilines is 1. The first-order valence-electron chi connectivity index (χ1n) is 13.2. The van der Waals surface area contributed by atoms with E-state index in [0.717, 1.165) is 37.8 Å². The van der Waals surface area contributed by atoms with Gasteiger partial charge in [-0.1, -0.05) is 54.2 Å². The van der Waals surface area contributed by atoms with Crippen LogP contribution in [-0.2, 0) is 6.18 Å². The molecule has 1 aliphatic rings. The van der Waals surface area contributed by atoms with Crippen LogP contribution in [-0.4, -0.2) is 19.6 Å². The Morgan fingerprint density at radius 3 is 2.51 bits per heavy atom. The number of unbranched alkanes of at least 4 members (excludes halogenated alkanes) is 3. The number of nitrogens with zero attached hydrogens (tertiary/aromatic N) is 1. The SMILES string of the molecule is CCCCCCOc1ccc(C2c3c(oc4ccc(Br)cc4c3=O)C(=O)N2c2cccc(C(F)(F)F)c2)cc1OC. The fourth-order valence-corrected chi connectivity index (χ4v) is 5.40. The van der Waals surface area contributed by atoms with E-state index in [1.807, 2.05) is 0 Å². The molecule has 1 aliphatic heterocycles. The molecule has 214 valence electrons. The summed E-state index contributed by atoms with van der Waals surface area (Å²) < 4.78 is 59.0. The summed E-state index contributed by atoms with van der Waals surface area (Å²) in [5.41, 5.74) is -0.721. The van der Waals surface area contributed by atoms with Crippen LogP contribution in [0.25, 0.3) is 11.0 Å². The predicted molar refractivity (Wildman–Crippen MR) is 153 cm³/mol. The summed E-state index contributed by atoms with van der Waals surface area (Å²) in [6, 6.07) is 13.2. The molecule has 10 heteroatoms. The Bertz CT molecular complexity index is 1670. The van der Waals surface area contributed by atoms with E-state index < -0.39 is 29.1 Å². The van der Waals surface area contributed by atoms with E-state index in [1.54, 1.807) is 36.4 Å². The third-order valence-corrected chi connectivity index (χ3v) is 7.54. The van der Waals surface area contributed by atoms with E-state index in [-0.39, 0.29) is 28.0 Å². The maximum Gasteiger partial charge on any atom is 0.416 e. The van der Waals surface area contributed by atoms with Gasteiger partial charge < -0.3 is 13.9 Å². The minimum Gasteiger partial charge on any atom is -0.493 e. The van der Waals surface area contributed by atoms with Crippen molar-refractivity contribution in [1.82, 2.24) is 0 Å². The Labute approximate surface area is 242 Å². The van der Waals surface area contributed by atoms with Crippen LogP contribution in [0.15, 0.2) is 74.3 Å². The Kier molecular flexibility index (Phi) is 8.13. The van der Waals surface area contributed by atoms with Crippen LogP contribution in [0.3, 0.4) is 0 Å². The van der Waals surface area contributed by atoms with Crippen molar-refractivity contribution in [3.63, 3.8) is 0 Å². The van der Waals surface area contributed by atoms with Gasteiger partial charge in [0.2, 0.25) is 5.76 Å². The number of carbonyl (C=O) groups excluding carboxylic acids is 1. The highest BCUT2D eigenvalue weighted by molar-refractivity contribution is 9.10. The zero-order chi connectivity index (χ0) is 29.3. The number of rotatable bonds is 9. The number of benzene rings is 3. The van der Waals surface area contributed by atoms with E-state index in [4.69, 9.17) is 13.9 Å². The van der Waals surface area contributed by atoms with Gasteiger partial charge in [0.1, 0.15) is 5.58 Å². The molecule has 0 aliphatic carbocycles. The van der Waals surface area contributed by atoms with Crippen molar-refractivity contribution in [2.75, 3.05) is 18.6 Å². The van der Waals surface area contributed by atoms with Gasteiger partial charge in [-0.3, -0.25) is 14.5 Å². The van der Waals surface area contributed by atoms with Crippen molar-refractivity contribution in [2.24, 2.45) is 0 Å². The van der Waals surface area contributed by atoms with E-state index in [9.17, 15) is 22.8 Å². The summed E-state index contributed by atoms with van der Waals surface area (Å²) in [5.74, 6) is -0.0860. The van der Waals surface area contributed by atoms with Crippen LogP contribution in [0.5, 0.6) is 11.5 Å². The van der Waals surface area contributed by atoms with Crippen molar-refractivity contribution >= 4 is 38.5 Å². The van der Waals surface area contributed by atoms with Crippen LogP contribution in [0, 0.1) is 0 Å². The summed E-state index contributed by atoms with van der Waals surface area (Å²) in [6.07, 6.45) is -0.522. The quantitative estimate of drug-likeness (QED) is 0.174. The molecule has 1 aromatic heterocycles. The van der Waals surface area contributed by atoms with Gasteiger partial charge in [0.15, 0.2) is 16.9 Å². The lowest BCUT2D eigenvalue weighted by Gasteiger charge is -2.26. The highest BCUT2D eigenvalue weighted by Crippen LogP contribution is 2.44. The van der Waals surface area contributed by atoms with Gasteiger partial charge >= 0.3 is 6.18 Å². The molecule has 0 bridgehead atoms. The van der Waals surface area contributed by atoms with Crippen LogP contribution in [0.4, 0.5) is 18.9 Å². The topological polar surface area (TPSA) is 69.0 Å². The van der Waals surface area contributed by atoms with Crippen molar-refractivity contribution in [2.45, 2.75) is 44.8 Å². The molecule has 1 unspecified atom stereocenters. The zero-order valence-corrected chi connectivity index (χ0v) is 24.0. The number of alkyl halides is 3. The molecule has 6 nitrogen and oxygen atoms in total. The minimum absolute atomic E-state index is 0.0268. The van der Waals surface area contributed by atoms with Crippen LogP contribution in [0.1, 0.15) is 65.9 Å². The Morgan fingerprint density at radius 1 is 0.976 bits per heavy atom. The summed E-state index contributed by atoms with van der Waals surface area (Å²) >= 11 is 3.36. The second-order valence-electron chi connectivity index (χ2n) is 9.76. The molecule has 0 radical (unpaired) electrons. The molecule has 0 spiro atoms. The van der Waals surface area contributed by atoms with Gasteiger partial charge in [0, 0.05) is 10.2 Å². The maximum atomic E-state index is 13.9. The van der Waals surface area contributed by atoms with E-state index >= 15 is 0 Å². The number of amides is 1. The fraction of sp³-hybridized carbons (Fsp3) is 0.290. The molecule has 2 heterocycles. The molecule has 41 heavy (non-hydrogen) atoms. The fourth-order valence-electron chi connectivity index (χ4n) is 5.04. The number of halogens is 4. The van der Waals surface area contributed by atoms with Gasteiger partial charge in [-0.2, -0.15) is 13.2 Å². The Hall–Kier alpha value is -3.79. The molecule has 3 aromatic carbocycles. The van der Waals surface area contributed by atoms with Gasteiger partial charge in [0.25, 0.3) is 5.91 Å². The largest absolute Gasteiger partial charge is 0.493 e. The number of fused-ring (bicyclic) bond motifs is 2. The molecular weight excluding hydrogens is 603 g/mol. The molecule has 1 amide bonds. The van der Waals surface area contributed by atoms with Crippen molar-refractivity contribution in [1.29, 1.82) is 0 Å². The third-order valence-electron chi connectivity index (χ3n) is 7.04. The average molecular weight is 630 g/mol. The van der Waals surface area contributed by atoms with Crippen LogP contribution >= 0.6 is 15.9 Å². The number of methoxy groups -OCH3 is 1. The molecule has 0 saturated heterocycles. The van der Waals surface area contributed by atoms with Gasteiger partial charge in [-0.05, 0) is 60.5 Å². The molecule has 0 saturated carbocycles. The van der Waals surface area contributed by atoms with Gasteiger partial charge in [0.05, 0.1) is 36.3 Å². The lowest BCUT2D eigenvalue weighted by molar-refractivity contribution is -0.137. The first-order valence-corrected chi connectivity index (χ1v) is 14.0. The van der Waals surface area contributed by atoms with Crippen molar-refractivity contribution in [3.05, 3.63) is 97.8 Å². The third kappa shape index (κ3) is 5.57.